The van der Waals surface area contributed by atoms with Gasteiger partial charge in [0.15, 0.2) is 0 Å². The third-order valence-corrected chi connectivity index (χ3v) is 4.45. The van der Waals surface area contributed by atoms with E-state index in [2.05, 4.69) is 20.7 Å². The lowest BCUT2D eigenvalue weighted by Crippen LogP contribution is -2.06. The van der Waals surface area contributed by atoms with Crippen molar-refractivity contribution in [3.63, 3.8) is 0 Å². The molecule has 2 N–H and O–H groups in total. The zero-order valence-electron chi connectivity index (χ0n) is 13.2. The normalized spacial score (nSPS) is 10.9. The van der Waals surface area contributed by atoms with Crippen LogP contribution in [0.3, 0.4) is 0 Å². The third-order valence-electron chi connectivity index (χ3n) is 3.57. The summed E-state index contributed by atoms with van der Waals surface area (Å²) in [5.41, 5.74) is 2.22. The average molecular weight is 329 g/mol. The molecule has 0 atom stereocenters. The van der Waals surface area contributed by atoms with Crippen molar-refractivity contribution in [2.75, 3.05) is 25.6 Å². The van der Waals surface area contributed by atoms with E-state index in [1.165, 1.54) is 0 Å². The summed E-state index contributed by atoms with van der Waals surface area (Å²) in [4.78, 5) is 10.0. The molecular weight excluding hydrogens is 310 g/mol. The standard InChI is InChI=1S/C17H19N3O2S/c1-11-19-16(18-8-3-9-21)15-14(10-23-17(15)20-11)12-4-6-13(22-2)7-5-12/h4-7,10,21H,3,8-9H2,1-2H3,(H,18,19,20). The van der Waals surface area contributed by atoms with Crippen molar-refractivity contribution < 1.29 is 9.84 Å². The summed E-state index contributed by atoms with van der Waals surface area (Å²) < 4.78 is 5.22. The topological polar surface area (TPSA) is 67.3 Å². The summed E-state index contributed by atoms with van der Waals surface area (Å²) >= 11 is 1.61. The molecule has 6 heteroatoms. The monoisotopic (exact) mass is 329 g/mol. The van der Waals surface area contributed by atoms with E-state index in [-0.39, 0.29) is 6.61 Å². The molecule has 5 nitrogen and oxygen atoms in total. The van der Waals surface area contributed by atoms with Gasteiger partial charge in [0.2, 0.25) is 0 Å². The second-order valence-electron chi connectivity index (χ2n) is 5.18. The summed E-state index contributed by atoms with van der Waals surface area (Å²) in [5, 5.41) is 15.4. The molecule has 0 aliphatic heterocycles. The van der Waals surface area contributed by atoms with Crippen LogP contribution in [-0.4, -0.2) is 35.3 Å². The van der Waals surface area contributed by atoms with Crippen molar-refractivity contribution >= 4 is 27.4 Å². The molecule has 0 radical (unpaired) electrons. The number of rotatable bonds is 6. The van der Waals surface area contributed by atoms with Crippen molar-refractivity contribution in [1.82, 2.24) is 9.97 Å². The largest absolute Gasteiger partial charge is 0.497 e. The lowest BCUT2D eigenvalue weighted by atomic mass is 10.1. The Morgan fingerprint density at radius 2 is 2.00 bits per heavy atom. The Hall–Kier alpha value is -2.18. The Kier molecular flexibility index (Phi) is 4.73. The number of anilines is 1. The van der Waals surface area contributed by atoms with Gasteiger partial charge >= 0.3 is 0 Å². The highest BCUT2D eigenvalue weighted by atomic mass is 32.1. The minimum Gasteiger partial charge on any atom is -0.497 e. The quantitative estimate of drug-likeness (QED) is 0.678. The molecule has 23 heavy (non-hydrogen) atoms. The number of methoxy groups -OCH3 is 1. The SMILES string of the molecule is COc1ccc(-c2csc3nc(C)nc(NCCCO)c23)cc1. The van der Waals surface area contributed by atoms with Gasteiger partial charge in [-0.05, 0) is 31.0 Å². The van der Waals surface area contributed by atoms with Crippen LogP contribution < -0.4 is 10.1 Å². The lowest BCUT2D eigenvalue weighted by Gasteiger charge is -2.09. The van der Waals surface area contributed by atoms with Crippen molar-refractivity contribution in [2.24, 2.45) is 0 Å². The molecule has 2 aromatic heterocycles. The number of aliphatic hydroxyl groups excluding tert-OH is 1. The van der Waals surface area contributed by atoms with Crippen LogP contribution in [-0.2, 0) is 0 Å². The Labute approximate surface area is 139 Å². The van der Waals surface area contributed by atoms with E-state index in [1.54, 1.807) is 18.4 Å². The molecule has 1 aromatic carbocycles. The highest BCUT2D eigenvalue weighted by molar-refractivity contribution is 7.17. The van der Waals surface area contributed by atoms with Crippen LogP contribution >= 0.6 is 11.3 Å². The molecule has 2 heterocycles. The van der Waals surface area contributed by atoms with Crippen LogP contribution in [0.25, 0.3) is 21.3 Å². The van der Waals surface area contributed by atoms with Gasteiger partial charge in [0, 0.05) is 24.1 Å². The number of nitrogens with zero attached hydrogens (tertiary/aromatic N) is 2. The summed E-state index contributed by atoms with van der Waals surface area (Å²) in [6.07, 6.45) is 0.687. The maximum Gasteiger partial charge on any atom is 0.139 e. The fraction of sp³-hybridized carbons (Fsp3) is 0.294. The molecule has 0 amide bonds. The van der Waals surface area contributed by atoms with E-state index in [0.29, 0.717) is 13.0 Å². The van der Waals surface area contributed by atoms with Crippen molar-refractivity contribution in [3.8, 4) is 16.9 Å². The number of hydrogen-bond acceptors (Lipinski definition) is 6. The van der Waals surface area contributed by atoms with Gasteiger partial charge in [-0.2, -0.15) is 0 Å². The molecule has 0 spiro atoms. The van der Waals surface area contributed by atoms with E-state index in [1.807, 2.05) is 31.2 Å². The minimum atomic E-state index is 0.162. The smallest absolute Gasteiger partial charge is 0.139 e. The third kappa shape index (κ3) is 3.28. The van der Waals surface area contributed by atoms with E-state index in [9.17, 15) is 0 Å². The molecule has 3 aromatic rings. The zero-order chi connectivity index (χ0) is 16.2. The number of aliphatic hydroxyl groups is 1. The highest BCUT2D eigenvalue weighted by Gasteiger charge is 2.14. The van der Waals surface area contributed by atoms with Crippen LogP contribution in [0.5, 0.6) is 5.75 Å². The Morgan fingerprint density at radius 1 is 1.22 bits per heavy atom. The fourth-order valence-corrected chi connectivity index (χ4v) is 3.44. The fourth-order valence-electron chi connectivity index (χ4n) is 2.45. The van der Waals surface area contributed by atoms with Crippen molar-refractivity contribution in [3.05, 3.63) is 35.5 Å². The average Bonchev–Trinajstić information content (AvgIpc) is 2.99. The molecule has 0 fully saturated rings. The van der Waals surface area contributed by atoms with E-state index < -0.39 is 0 Å². The van der Waals surface area contributed by atoms with E-state index in [0.717, 1.165) is 38.7 Å². The van der Waals surface area contributed by atoms with Crippen LogP contribution in [0.1, 0.15) is 12.2 Å². The summed E-state index contributed by atoms with van der Waals surface area (Å²) in [5.74, 6) is 2.40. The Morgan fingerprint density at radius 3 is 2.70 bits per heavy atom. The van der Waals surface area contributed by atoms with Crippen LogP contribution in [0.4, 0.5) is 5.82 Å². The van der Waals surface area contributed by atoms with E-state index in [4.69, 9.17) is 9.84 Å². The number of aromatic nitrogens is 2. The number of ether oxygens (including phenoxy) is 1. The van der Waals surface area contributed by atoms with E-state index >= 15 is 0 Å². The van der Waals surface area contributed by atoms with Gasteiger partial charge in [-0.1, -0.05) is 12.1 Å². The Bertz CT molecular complexity index is 799. The highest BCUT2D eigenvalue weighted by Crippen LogP contribution is 2.37. The predicted octanol–water partition coefficient (Wildman–Crippen LogP) is 3.47. The first-order chi connectivity index (χ1) is 11.2. The minimum absolute atomic E-state index is 0.162. The number of aryl methyl sites for hydroxylation is 1. The number of benzene rings is 1. The lowest BCUT2D eigenvalue weighted by molar-refractivity contribution is 0.292. The maximum atomic E-state index is 8.97. The molecule has 0 saturated carbocycles. The zero-order valence-corrected chi connectivity index (χ0v) is 14.0. The van der Waals surface area contributed by atoms with Gasteiger partial charge in [-0.3, -0.25) is 0 Å². The summed E-state index contributed by atoms with van der Waals surface area (Å²) in [6, 6.07) is 7.98. The van der Waals surface area contributed by atoms with Crippen LogP contribution in [0, 0.1) is 6.92 Å². The molecule has 3 rings (SSSR count). The molecule has 120 valence electrons. The first-order valence-electron chi connectivity index (χ1n) is 7.48. The van der Waals surface area contributed by atoms with Gasteiger partial charge in [0.25, 0.3) is 0 Å². The predicted molar refractivity (Wildman–Crippen MR) is 94.3 cm³/mol. The van der Waals surface area contributed by atoms with Gasteiger partial charge in [0.05, 0.1) is 12.5 Å². The Balaban J connectivity index is 2.06. The number of thiophene rings is 1. The van der Waals surface area contributed by atoms with Gasteiger partial charge in [0.1, 0.15) is 22.2 Å². The molecule has 0 unspecified atom stereocenters. The number of fused-ring (bicyclic) bond motifs is 1. The molecule has 0 bridgehead atoms. The summed E-state index contributed by atoms with van der Waals surface area (Å²) in [7, 11) is 1.66. The second kappa shape index (κ2) is 6.93. The number of nitrogens with one attached hydrogen (secondary N) is 1. The first-order valence-corrected chi connectivity index (χ1v) is 8.36. The summed E-state index contributed by atoms with van der Waals surface area (Å²) in [6.45, 7) is 2.73. The van der Waals surface area contributed by atoms with Gasteiger partial charge in [-0.15, -0.1) is 11.3 Å². The molecule has 0 aliphatic rings. The second-order valence-corrected chi connectivity index (χ2v) is 6.04. The van der Waals surface area contributed by atoms with Crippen molar-refractivity contribution in [1.29, 1.82) is 0 Å². The number of hydrogen-bond donors (Lipinski definition) is 2. The van der Waals surface area contributed by atoms with Gasteiger partial charge in [-0.25, -0.2) is 9.97 Å². The maximum absolute atomic E-state index is 8.97. The molecule has 0 saturated heterocycles. The first kappa shape index (κ1) is 15.7. The molecular formula is C17H19N3O2S. The van der Waals surface area contributed by atoms with Crippen molar-refractivity contribution in [2.45, 2.75) is 13.3 Å². The van der Waals surface area contributed by atoms with Crippen LogP contribution in [0.15, 0.2) is 29.6 Å². The van der Waals surface area contributed by atoms with Gasteiger partial charge < -0.3 is 15.2 Å². The van der Waals surface area contributed by atoms with Crippen LogP contribution in [0.2, 0.25) is 0 Å². The molecule has 0 aliphatic carbocycles.